The maximum Gasteiger partial charge on any atom is 0.0831 e. The summed E-state index contributed by atoms with van der Waals surface area (Å²) in [5, 5.41) is 14.2. The summed E-state index contributed by atoms with van der Waals surface area (Å²) in [4.78, 5) is 0. The zero-order valence-corrected chi connectivity index (χ0v) is 9.59. The van der Waals surface area contributed by atoms with Crippen LogP contribution in [0, 0.1) is 6.92 Å². The number of benzene rings is 1. The van der Waals surface area contributed by atoms with Crippen LogP contribution in [-0.2, 0) is 13.5 Å². The van der Waals surface area contributed by atoms with Gasteiger partial charge in [0, 0.05) is 19.7 Å². The minimum Gasteiger partial charge on any atom is -0.388 e. The van der Waals surface area contributed by atoms with Gasteiger partial charge in [-0.1, -0.05) is 29.8 Å². The van der Waals surface area contributed by atoms with Gasteiger partial charge in [-0.15, -0.1) is 0 Å². The van der Waals surface area contributed by atoms with Crippen molar-refractivity contribution in [3.05, 3.63) is 53.3 Å². The van der Waals surface area contributed by atoms with Gasteiger partial charge in [0.1, 0.15) is 0 Å². The molecule has 2 rings (SSSR count). The average molecular weight is 216 g/mol. The standard InChI is InChI=1S/C13H16N2O/c1-10-4-3-5-12(6-10)13(16)7-11-8-14-15(2)9-11/h3-6,8-9,13,16H,7H2,1-2H3. The van der Waals surface area contributed by atoms with Gasteiger partial charge in [0.25, 0.3) is 0 Å². The highest BCUT2D eigenvalue weighted by molar-refractivity contribution is 5.25. The molecule has 0 bridgehead atoms. The van der Waals surface area contributed by atoms with E-state index >= 15 is 0 Å². The highest BCUT2D eigenvalue weighted by atomic mass is 16.3. The summed E-state index contributed by atoms with van der Waals surface area (Å²) in [6.07, 6.45) is 3.87. The predicted molar refractivity (Wildman–Crippen MR) is 63.1 cm³/mol. The van der Waals surface area contributed by atoms with Crippen molar-refractivity contribution in [1.82, 2.24) is 9.78 Å². The molecule has 1 aromatic carbocycles. The fourth-order valence-electron chi connectivity index (χ4n) is 1.80. The highest BCUT2D eigenvalue weighted by Crippen LogP contribution is 2.18. The summed E-state index contributed by atoms with van der Waals surface area (Å²) >= 11 is 0. The van der Waals surface area contributed by atoms with Crippen molar-refractivity contribution in [2.75, 3.05) is 0 Å². The van der Waals surface area contributed by atoms with E-state index in [0.717, 1.165) is 11.1 Å². The third kappa shape index (κ3) is 2.49. The van der Waals surface area contributed by atoms with Gasteiger partial charge in [-0.2, -0.15) is 5.10 Å². The Morgan fingerprint density at radius 2 is 2.25 bits per heavy atom. The first-order chi connectivity index (χ1) is 7.65. The van der Waals surface area contributed by atoms with Crippen molar-refractivity contribution in [3.63, 3.8) is 0 Å². The summed E-state index contributed by atoms with van der Waals surface area (Å²) in [7, 11) is 1.88. The van der Waals surface area contributed by atoms with Gasteiger partial charge >= 0.3 is 0 Å². The Labute approximate surface area is 95.3 Å². The molecule has 0 saturated heterocycles. The molecule has 84 valence electrons. The van der Waals surface area contributed by atoms with Crippen molar-refractivity contribution >= 4 is 0 Å². The van der Waals surface area contributed by atoms with Gasteiger partial charge in [-0.3, -0.25) is 4.68 Å². The molecule has 1 heterocycles. The van der Waals surface area contributed by atoms with Crippen molar-refractivity contribution in [2.24, 2.45) is 7.05 Å². The summed E-state index contributed by atoms with van der Waals surface area (Å²) < 4.78 is 1.75. The zero-order chi connectivity index (χ0) is 11.5. The second kappa shape index (κ2) is 4.49. The van der Waals surface area contributed by atoms with E-state index in [1.54, 1.807) is 10.9 Å². The van der Waals surface area contributed by atoms with Gasteiger partial charge in [0.2, 0.25) is 0 Å². The minimum atomic E-state index is -0.455. The number of aromatic nitrogens is 2. The molecule has 0 radical (unpaired) electrons. The summed E-state index contributed by atoms with van der Waals surface area (Å²) in [5.74, 6) is 0. The molecule has 16 heavy (non-hydrogen) atoms. The number of rotatable bonds is 3. The molecule has 0 aliphatic rings. The normalized spacial score (nSPS) is 12.7. The van der Waals surface area contributed by atoms with Crippen LogP contribution in [0.15, 0.2) is 36.7 Å². The quantitative estimate of drug-likeness (QED) is 0.852. The number of nitrogens with zero attached hydrogens (tertiary/aromatic N) is 2. The van der Waals surface area contributed by atoms with Crippen LogP contribution < -0.4 is 0 Å². The molecule has 0 saturated carbocycles. The lowest BCUT2D eigenvalue weighted by atomic mass is 10.0. The van der Waals surface area contributed by atoms with Crippen molar-refractivity contribution < 1.29 is 5.11 Å². The topological polar surface area (TPSA) is 38.1 Å². The van der Waals surface area contributed by atoms with E-state index in [1.165, 1.54) is 5.56 Å². The Kier molecular flexibility index (Phi) is 3.06. The molecule has 1 N–H and O–H groups in total. The van der Waals surface area contributed by atoms with Crippen LogP contribution in [0.4, 0.5) is 0 Å². The van der Waals surface area contributed by atoms with E-state index in [-0.39, 0.29) is 0 Å². The van der Waals surface area contributed by atoms with E-state index in [2.05, 4.69) is 5.10 Å². The molecule has 0 fully saturated rings. The van der Waals surface area contributed by atoms with Crippen LogP contribution in [-0.4, -0.2) is 14.9 Å². The molecule has 3 heteroatoms. The first-order valence-corrected chi connectivity index (χ1v) is 5.37. The summed E-state index contributed by atoms with van der Waals surface area (Å²) in [6, 6.07) is 7.96. The van der Waals surface area contributed by atoms with Crippen molar-refractivity contribution in [1.29, 1.82) is 0 Å². The Balaban J connectivity index is 2.11. The third-order valence-electron chi connectivity index (χ3n) is 2.61. The Morgan fingerprint density at radius 1 is 1.44 bits per heavy atom. The summed E-state index contributed by atoms with van der Waals surface area (Å²) in [5.41, 5.74) is 3.18. The van der Waals surface area contributed by atoms with Crippen LogP contribution in [0.2, 0.25) is 0 Å². The molecule has 0 aliphatic heterocycles. The first-order valence-electron chi connectivity index (χ1n) is 5.37. The number of aliphatic hydroxyl groups is 1. The minimum absolute atomic E-state index is 0.455. The monoisotopic (exact) mass is 216 g/mol. The molecule has 2 aromatic rings. The molecule has 3 nitrogen and oxygen atoms in total. The molecule has 1 unspecified atom stereocenters. The predicted octanol–water partition coefficient (Wildman–Crippen LogP) is 2.00. The Bertz CT molecular complexity index is 476. The Morgan fingerprint density at radius 3 is 2.88 bits per heavy atom. The van der Waals surface area contributed by atoms with Gasteiger partial charge in [0.05, 0.1) is 12.3 Å². The fraction of sp³-hybridized carbons (Fsp3) is 0.308. The first kappa shape index (κ1) is 10.9. The van der Waals surface area contributed by atoms with Gasteiger partial charge in [-0.25, -0.2) is 0 Å². The van der Waals surface area contributed by atoms with E-state index in [4.69, 9.17) is 0 Å². The van der Waals surface area contributed by atoms with E-state index in [0.29, 0.717) is 6.42 Å². The van der Waals surface area contributed by atoms with Crippen molar-refractivity contribution in [3.8, 4) is 0 Å². The second-order valence-electron chi connectivity index (χ2n) is 4.16. The van der Waals surface area contributed by atoms with Gasteiger partial charge in [-0.05, 0) is 18.1 Å². The largest absolute Gasteiger partial charge is 0.388 e. The average Bonchev–Trinajstić information content (AvgIpc) is 2.64. The molecule has 0 amide bonds. The van der Waals surface area contributed by atoms with Gasteiger partial charge < -0.3 is 5.11 Å². The zero-order valence-electron chi connectivity index (χ0n) is 9.59. The van der Waals surface area contributed by atoms with Crippen LogP contribution in [0.5, 0.6) is 0 Å². The number of hydrogen-bond acceptors (Lipinski definition) is 2. The fourth-order valence-corrected chi connectivity index (χ4v) is 1.80. The number of aryl methyl sites for hydroxylation is 2. The van der Waals surface area contributed by atoms with E-state index in [1.807, 2.05) is 44.4 Å². The van der Waals surface area contributed by atoms with Gasteiger partial charge in [0.15, 0.2) is 0 Å². The SMILES string of the molecule is Cc1cccc(C(O)Cc2cnn(C)c2)c1. The molecule has 1 atom stereocenters. The van der Waals surface area contributed by atoms with Crippen LogP contribution >= 0.6 is 0 Å². The maximum absolute atomic E-state index is 10.1. The van der Waals surface area contributed by atoms with E-state index < -0.39 is 6.10 Å². The lowest BCUT2D eigenvalue weighted by Gasteiger charge is -2.10. The Hall–Kier alpha value is -1.61. The van der Waals surface area contributed by atoms with Crippen molar-refractivity contribution in [2.45, 2.75) is 19.4 Å². The molecular formula is C13H16N2O. The lowest BCUT2D eigenvalue weighted by Crippen LogP contribution is -2.01. The van der Waals surface area contributed by atoms with E-state index in [9.17, 15) is 5.11 Å². The molecular weight excluding hydrogens is 200 g/mol. The second-order valence-corrected chi connectivity index (χ2v) is 4.16. The summed E-state index contributed by atoms with van der Waals surface area (Å²) in [6.45, 7) is 2.03. The smallest absolute Gasteiger partial charge is 0.0831 e. The molecule has 0 spiro atoms. The third-order valence-corrected chi connectivity index (χ3v) is 2.61. The van der Waals surface area contributed by atoms with Crippen LogP contribution in [0.1, 0.15) is 22.8 Å². The number of aliphatic hydroxyl groups excluding tert-OH is 1. The molecule has 1 aromatic heterocycles. The highest BCUT2D eigenvalue weighted by Gasteiger charge is 2.09. The van der Waals surface area contributed by atoms with Crippen LogP contribution in [0.25, 0.3) is 0 Å². The lowest BCUT2D eigenvalue weighted by molar-refractivity contribution is 0.178. The number of hydrogen-bond donors (Lipinski definition) is 1. The molecule has 0 aliphatic carbocycles. The maximum atomic E-state index is 10.1. The van der Waals surface area contributed by atoms with Crippen LogP contribution in [0.3, 0.4) is 0 Å².